The van der Waals surface area contributed by atoms with Crippen molar-refractivity contribution >= 4 is 41.8 Å². The molecule has 7 nitrogen and oxygen atoms in total. The predicted molar refractivity (Wildman–Crippen MR) is 130 cm³/mol. The fourth-order valence-electron chi connectivity index (χ4n) is 3.42. The summed E-state index contributed by atoms with van der Waals surface area (Å²) in [6.45, 7) is 7.35. The molecule has 1 heterocycles. The second-order valence-corrected chi connectivity index (χ2v) is 7.40. The molecular formula is C22H35IN4O3. The Bertz CT molecular complexity index is 716. The molecule has 0 radical (unpaired) electrons. The molecular weight excluding hydrogens is 495 g/mol. The Morgan fingerprint density at radius 3 is 2.53 bits per heavy atom. The fraction of sp³-hybridized carbons (Fsp3) is 0.591. The van der Waals surface area contributed by atoms with Crippen molar-refractivity contribution in [2.24, 2.45) is 10.9 Å². The van der Waals surface area contributed by atoms with E-state index in [4.69, 9.17) is 9.73 Å². The number of likely N-dealkylation sites (tertiary alicyclic amines) is 1. The average molecular weight is 530 g/mol. The van der Waals surface area contributed by atoms with E-state index in [1.807, 2.05) is 31.2 Å². The topological polar surface area (TPSA) is 74.2 Å². The average Bonchev–Trinajstić information content (AvgIpc) is 2.73. The van der Waals surface area contributed by atoms with E-state index in [2.05, 4.69) is 17.1 Å². The van der Waals surface area contributed by atoms with Crippen molar-refractivity contribution in [3.05, 3.63) is 35.4 Å². The molecule has 168 valence electrons. The van der Waals surface area contributed by atoms with E-state index in [1.165, 1.54) is 0 Å². The summed E-state index contributed by atoms with van der Waals surface area (Å²) in [6.07, 6.45) is 2.35. The molecule has 1 aromatic carbocycles. The number of rotatable bonds is 7. The monoisotopic (exact) mass is 530 g/mol. The SMILES string of the molecule is CCNC(=NCCc1cccc(C(=O)N(C)C)c1)N1CCC(C(=O)OCC)CC1.I. The Morgan fingerprint density at radius 2 is 1.93 bits per heavy atom. The number of nitrogens with zero attached hydrogens (tertiary/aromatic N) is 3. The number of ether oxygens (including phenoxy) is 1. The lowest BCUT2D eigenvalue weighted by Crippen LogP contribution is -2.46. The Morgan fingerprint density at radius 1 is 1.23 bits per heavy atom. The van der Waals surface area contributed by atoms with Crippen LogP contribution in [0.25, 0.3) is 0 Å². The van der Waals surface area contributed by atoms with Crippen molar-refractivity contribution in [3.63, 3.8) is 0 Å². The maximum atomic E-state index is 12.1. The third-order valence-corrected chi connectivity index (χ3v) is 4.99. The maximum Gasteiger partial charge on any atom is 0.309 e. The summed E-state index contributed by atoms with van der Waals surface area (Å²) < 4.78 is 5.15. The third kappa shape index (κ3) is 7.77. The van der Waals surface area contributed by atoms with Crippen molar-refractivity contribution < 1.29 is 14.3 Å². The van der Waals surface area contributed by atoms with Crippen LogP contribution < -0.4 is 5.32 Å². The van der Waals surface area contributed by atoms with Gasteiger partial charge in [-0.1, -0.05) is 12.1 Å². The molecule has 0 atom stereocenters. The molecule has 1 aliphatic rings. The van der Waals surface area contributed by atoms with Gasteiger partial charge in [0.25, 0.3) is 5.91 Å². The minimum atomic E-state index is -0.0822. The highest BCUT2D eigenvalue weighted by Gasteiger charge is 2.27. The highest BCUT2D eigenvalue weighted by atomic mass is 127. The first-order valence-electron chi connectivity index (χ1n) is 10.5. The minimum Gasteiger partial charge on any atom is -0.466 e. The quantitative estimate of drug-likeness (QED) is 0.254. The zero-order valence-corrected chi connectivity index (χ0v) is 20.8. The molecule has 2 rings (SSSR count). The number of guanidine groups is 1. The summed E-state index contributed by atoms with van der Waals surface area (Å²) in [5.74, 6) is 0.802. The number of piperidine rings is 1. The number of carbonyl (C=O) groups is 2. The number of hydrogen-bond donors (Lipinski definition) is 1. The van der Waals surface area contributed by atoms with Gasteiger partial charge in [-0.05, 0) is 50.8 Å². The molecule has 0 aromatic heterocycles. The zero-order chi connectivity index (χ0) is 21.2. The van der Waals surface area contributed by atoms with Crippen LogP contribution in [-0.4, -0.2) is 74.5 Å². The molecule has 0 bridgehead atoms. The number of hydrogen-bond acceptors (Lipinski definition) is 4. The molecule has 1 aliphatic heterocycles. The highest BCUT2D eigenvalue weighted by Crippen LogP contribution is 2.19. The number of benzene rings is 1. The number of halogens is 1. The van der Waals surface area contributed by atoms with E-state index in [1.54, 1.807) is 19.0 Å². The van der Waals surface area contributed by atoms with E-state index in [0.29, 0.717) is 18.7 Å². The van der Waals surface area contributed by atoms with E-state index in [9.17, 15) is 9.59 Å². The summed E-state index contributed by atoms with van der Waals surface area (Å²) in [5, 5.41) is 3.35. The van der Waals surface area contributed by atoms with Gasteiger partial charge in [-0.2, -0.15) is 0 Å². The predicted octanol–water partition coefficient (Wildman–Crippen LogP) is 2.79. The van der Waals surface area contributed by atoms with Crippen LogP contribution >= 0.6 is 24.0 Å². The van der Waals surface area contributed by atoms with Crippen LogP contribution in [0.5, 0.6) is 0 Å². The Balaban J connectivity index is 0.00000450. The van der Waals surface area contributed by atoms with Gasteiger partial charge in [0, 0.05) is 45.8 Å². The Hall–Kier alpha value is -1.84. The van der Waals surface area contributed by atoms with Gasteiger partial charge in [-0.25, -0.2) is 0 Å². The molecule has 1 saturated heterocycles. The summed E-state index contributed by atoms with van der Waals surface area (Å²) in [4.78, 5) is 32.6. The number of nitrogens with one attached hydrogen (secondary N) is 1. The fourth-order valence-corrected chi connectivity index (χ4v) is 3.42. The maximum absolute atomic E-state index is 12.1. The van der Waals surface area contributed by atoms with Crippen molar-refractivity contribution in [1.82, 2.24) is 15.1 Å². The lowest BCUT2D eigenvalue weighted by atomic mass is 9.97. The first kappa shape index (κ1) is 26.2. The minimum absolute atomic E-state index is 0. The smallest absolute Gasteiger partial charge is 0.309 e. The van der Waals surface area contributed by atoms with Crippen LogP contribution in [0, 0.1) is 5.92 Å². The van der Waals surface area contributed by atoms with Crippen molar-refractivity contribution in [2.45, 2.75) is 33.1 Å². The summed E-state index contributed by atoms with van der Waals surface area (Å²) >= 11 is 0. The van der Waals surface area contributed by atoms with Gasteiger partial charge in [0.2, 0.25) is 0 Å². The normalized spacial score (nSPS) is 14.7. The van der Waals surface area contributed by atoms with Crippen LogP contribution in [0.1, 0.15) is 42.6 Å². The second kappa shape index (κ2) is 13.5. The Kier molecular flexibility index (Phi) is 11.8. The van der Waals surface area contributed by atoms with Crippen molar-refractivity contribution in [1.29, 1.82) is 0 Å². The van der Waals surface area contributed by atoms with Crippen molar-refractivity contribution in [2.75, 3.05) is 46.9 Å². The molecule has 1 amide bonds. The lowest BCUT2D eigenvalue weighted by molar-refractivity contribution is -0.149. The van der Waals surface area contributed by atoms with E-state index >= 15 is 0 Å². The first-order valence-corrected chi connectivity index (χ1v) is 10.5. The third-order valence-electron chi connectivity index (χ3n) is 4.99. The Labute approximate surface area is 197 Å². The highest BCUT2D eigenvalue weighted by molar-refractivity contribution is 14.0. The van der Waals surface area contributed by atoms with E-state index in [-0.39, 0.29) is 41.8 Å². The van der Waals surface area contributed by atoms with E-state index < -0.39 is 0 Å². The molecule has 0 aliphatic carbocycles. The number of carbonyl (C=O) groups excluding carboxylic acids is 2. The van der Waals surface area contributed by atoms with Gasteiger partial charge in [0.15, 0.2) is 5.96 Å². The van der Waals surface area contributed by atoms with Gasteiger partial charge in [0.05, 0.1) is 12.5 Å². The van der Waals surface area contributed by atoms with Gasteiger partial charge < -0.3 is 19.9 Å². The molecule has 1 N–H and O–H groups in total. The molecule has 0 saturated carbocycles. The lowest BCUT2D eigenvalue weighted by Gasteiger charge is -2.33. The standard InChI is InChI=1S/C22H34N4O3.HI/c1-5-23-22(26-14-11-18(12-15-26)21(28)29-6-2)24-13-10-17-8-7-9-19(16-17)20(27)25(3)4;/h7-9,16,18H,5-6,10-15H2,1-4H3,(H,23,24);1H. The summed E-state index contributed by atoms with van der Waals surface area (Å²) in [6, 6.07) is 7.73. The molecule has 1 fully saturated rings. The van der Waals surface area contributed by atoms with E-state index in [0.717, 1.165) is 50.4 Å². The van der Waals surface area contributed by atoms with Crippen LogP contribution in [0.3, 0.4) is 0 Å². The molecule has 0 spiro atoms. The molecule has 8 heteroatoms. The van der Waals surface area contributed by atoms with Gasteiger partial charge in [-0.3, -0.25) is 14.6 Å². The van der Waals surface area contributed by atoms with Gasteiger partial charge in [0.1, 0.15) is 0 Å². The number of esters is 1. The van der Waals surface area contributed by atoms with Crippen LogP contribution in [0.4, 0.5) is 0 Å². The first-order chi connectivity index (χ1) is 14.0. The van der Waals surface area contributed by atoms with Crippen LogP contribution in [0.15, 0.2) is 29.3 Å². The molecule has 30 heavy (non-hydrogen) atoms. The zero-order valence-electron chi connectivity index (χ0n) is 18.5. The largest absolute Gasteiger partial charge is 0.466 e. The summed E-state index contributed by atoms with van der Waals surface area (Å²) in [5.41, 5.74) is 1.79. The molecule has 0 unspecified atom stereocenters. The van der Waals surface area contributed by atoms with Crippen molar-refractivity contribution in [3.8, 4) is 0 Å². The summed E-state index contributed by atoms with van der Waals surface area (Å²) in [7, 11) is 3.51. The molecule has 1 aromatic rings. The van der Waals surface area contributed by atoms with Crippen LogP contribution in [-0.2, 0) is 16.0 Å². The number of amides is 1. The second-order valence-electron chi connectivity index (χ2n) is 7.40. The van der Waals surface area contributed by atoms with Gasteiger partial charge in [-0.15, -0.1) is 24.0 Å². The van der Waals surface area contributed by atoms with Gasteiger partial charge >= 0.3 is 5.97 Å². The number of aliphatic imine (C=N–C) groups is 1. The van der Waals surface area contributed by atoms with Crippen LogP contribution in [0.2, 0.25) is 0 Å².